The quantitative estimate of drug-likeness (QED) is 0.617. The minimum atomic E-state index is -0.411. The Kier molecular flexibility index (Phi) is 5.88. The van der Waals surface area contributed by atoms with E-state index >= 15 is 0 Å². The standard InChI is InChI=1S/C23H23N3O5/c1-3-4-11-26-19-12-16(7-10-20(19)30-14-22(26)27)24-23(28)18-13-21(31-25-18)15-5-8-17(29-2)9-6-15/h5-10,12-13H,3-4,11,14H2,1-2H3,(H,24,28). The van der Waals surface area contributed by atoms with Crippen LogP contribution in [0.4, 0.5) is 11.4 Å². The number of anilines is 2. The summed E-state index contributed by atoms with van der Waals surface area (Å²) < 4.78 is 16.0. The lowest BCUT2D eigenvalue weighted by Gasteiger charge is -2.29. The molecule has 0 radical (unpaired) electrons. The maximum atomic E-state index is 12.7. The van der Waals surface area contributed by atoms with E-state index < -0.39 is 5.91 Å². The highest BCUT2D eigenvalue weighted by Crippen LogP contribution is 2.35. The maximum absolute atomic E-state index is 12.7. The number of hydrogen-bond acceptors (Lipinski definition) is 6. The van der Waals surface area contributed by atoms with E-state index in [2.05, 4.69) is 17.4 Å². The number of hydrogen-bond donors (Lipinski definition) is 1. The van der Waals surface area contributed by atoms with Crippen molar-refractivity contribution in [3.05, 3.63) is 54.2 Å². The Morgan fingerprint density at radius 1 is 1.19 bits per heavy atom. The van der Waals surface area contributed by atoms with Crippen molar-refractivity contribution in [3.8, 4) is 22.8 Å². The van der Waals surface area contributed by atoms with Crippen molar-refractivity contribution in [2.75, 3.05) is 30.5 Å². The molecule has 8 nitrogen and oxygen atoms in total. The Labute approximate surface area is 179 Å². The van der Waals surface area contributed by atoms with Crippen LogP contribution >= 0.6 is 0 Å². The van der Waals surface area contributed by atoms with Gasteiger partial charge in [0, 0.05) is 23.9 Å². The third-order valence-electron chi connectivity index (χ3n) is 5.01. The number of nitrogens with zero attached hydrogens (tertiary/aromatic N) is 2. The van der Waals surface area contributed by atoms with Crippen LogP contribution in [0.25, 0.3) is 11.3 Å². The van der Waals surface area contributed by atoms with Gasteiger partial charge in [0.05, 0.1) is 12.8 Å². The normalized spacial score (nSPS) is 12.8. The summed E-state index contributed by atoms with van der Waals surface area (Å²) >= 11 is 0. The molecule has 2 heterocycles. The Bertz CT molecular complexity index is 1090. The smallest absolute Gasteiger partial charge is 0.277 e. The van der Waals surface area contributed by atoms with Gasteiger partial charge in [-0.05, 0) is 48.9 Å². The van der Waals surface area contributed by atoms with Gasteiger partial charge in [-0.3, -0.25) is 9.59 Å². The summed E-state index contributed by atoms with van der Waals surface area (Å²) in [7, 11) is 1.59. The molecule has 1 aliphatic rings. The highest BCUT2D eigenvalue weighted by molar-refractivity contribution is 6.04. The second-order valence-corrected chi connectivity index (χ2v) is 7.13. The first-order chi connectivity index (χ1) is 15.1. The Morgan fingerprint density at radius 3 is 2.74 bits per heavy atom. The number of carbonyl (C=O) groups is 2. The molecule has 0 atom stereocenters. The molecule has 0 saturated heterocycles. The first kappa shape index (κ1) is 20.5. The van der Waals surface area contributed by atoms with Gasteiger partial charge in [-0.15, -0.1) is 0 Å². The van der Waals surface area contributed by atoms with E-state index in [0.29, 0.717) is 29.4 Å². The maximum Gasteiger partial charge on any atom is 0.277 e. The van der Waals surface area contributed by atoms with E-state index in [1.807, 2.05) is 12.1 Å². The van der Waals surface area contributed by atoms with Gasteiger partial charge < -0.3 is 24.2 Å². The van der Waals surface area contributed by atoms with Crippen LogP contribution < -0.4 is 19.7 Å². The molecule has 1 aromatic heterocycles. The molecule has 2 aromatic carbocycles. The molecule has 2 amide bonds. The highest BCUT2D eigenvalue weighted by Gasteiger charge is 2.25. The van der Waals surface area contributed by atoms with Crippen LogP contribution in [0.1, 0.15) is 30.3 Å². The largest absolute Gasteiger partial charge is 0.497 e. The zero-order valence-corrected chi connectivity index (χ0v) is 17.4. The molecule has 3 aromatic rings. The summed E-state index contributed by atoms with van der Waals surface area (Å²) in [6.45, 7) is 2.70. The predicted molar refractivity (Wildman–Crippen MR) is 116 cm³/mol. The fourth-order valence-electron chi connectivity index (χ4n) is 3.31. The lowest BCUT2D eigenvalue weighted by molar-refractivity contribution is -0.121. The second kappa shape index (κ2) is 8.91. The van der Waals surface area contributed by atoms with Crippen LogP contribution in [0, 0.1) is 0 Å². The van der Waals surface area contributed by atoms with Gasteiger partial charge in [-0.2, -0.15) is 0 Å². The SMILES string of the molecule is CCCCN1C(=O)COc2ccc(NC(=O)c3cc(-c4ccc(OC)cc4)on3)cc21. The van der Waals surface area contributed by atoms with Gasteiger partial charge in [0.15, 0.2) is 18.1 Å². The van der Waals surface area contributed by atoms with Gasteiger partial charge in [-0.1, -0.05) is 18.5 Å². The lowest BCUT2D eigenvalue weighted by atomic mass is 10.1. The molecule has 31 heavy (non-hydrogen) atoms. The number of benzene rings is 2. The summed E-state index contributed by atoms with van der Waals surface area (Å²) in [5, 5.41) is 6.69. The number of fused-ring (bicyclic) bond motifs is 1. The molecule has 160 valence electrons. The summed E-state index contributed by atoms with van der Waals surface area (Å²) in [4.78, 5) is 26.7. The Hall–Kier alpha value is -3.81. The number of ether oxygens (including phenoxy) is 2. The van der Waals surface area contributed by atoms with E-state index in [1.165, 1.54) is 0 Å². The summed E-state index contributed by atoms with van der Waals surface area (Å²) in [5.74, 6) is 1.32. The fourth-order valence-corrected chi connectivity index (χ4v) is 3.31. The zero-order chi connectivity index (χ0) is 21.8. The fraction of sp³-hybridized carbons (Fsp3) is 0.261. The summed E-state index contributed by atoms with van der Waals surface area (Å²) in [5.41, 5.74) is 2.13. The Morgan fingerprint density at radius 2 is 2.00 bits per heavy atom. The molecular weight excluding hydrogens is 398 g/mol. The van der Waals surface area contributed by atoms with Crippen molar-refractivity contribution in [3.63, 3.8) is 0 Å². The zero-order valence-electron chi connectivity index (χ0n) is 17.4. The Balaban J connectivity index is 1.51. The molecule has 0 spiro atoms. The summed E-state index contributed by atoms with van der Waals surface area (Å²) in [6.07, 6.45) is 1.86. The molecule has 0 fully saturated rings. The van der Waals surface area contributed by atoms with Gasteiger partial charge in [0.2, 0.25) is 0 Å². The molecule has 0 aliphatic carbocycles. The predicted octanol–water partition coefficient (Wildman–Crippen LogP) is 4.13. The van der Waals surface area contributed by atoms with E-state index in [9.17, 15) is 9.59 Å². The average molecular weight is 421 g/mol. The first-order valence-corrected chi connectivity index (χ1v) is 10.1. The van der Waals surface area contributed by atoms with Gasteiger partial charge in [-0.25, -0.2) is 0 Å². The van der Waals surface area contributed by atoms with E-state index in [1.54, 1.807) is 48.4 Å². The van der Waals surface area contributed by atoms with Gasteiger partial charge in [0.25, 0.3) is 11.8 Å². The van der Waals surface area contributed by atoms with Crippen molar-refractivity contribution in [1.29, 1.82) is 0 Å². The number of aromatic nitrogens is 1. The van der Waals surface area contributed by atoms with Crippen molar-refractivity contribution in [2.24, 2.45) is 0 Å². The van der Waals surface area contributed by atoms with Crippen LogP contribution in [-0.4, -0.2) is 37.2 Å². The number of carbonyl (C=O) groups excluding carboxylic acids is 2. The second-order valence-electron chi connectivity index (χ2n) is 7.13. The first-order valence-electron chi connectivity index (χ1n) is 10.1. The van der Waals surface area contributed by atoms with Crippen molar-refractivity contribution in [1.82, 2.24) is 5.16 Å². The summed E-state index contributed by atoms with van der Waals surface area (Å²) in [6, 6.07) is 14.1. The number of amides is 2. The molecule has 1 aliphatic heterocycles. The van der Waals surface area contributed by atoms with Gasteiger partial charge in [0.1, 0.15) is 11.5 Å². The van der Waals surface area contributed by atoms with Crippen molar-refractivity contribution < 1.29 is 23.6 Å². The molecule has 0 unspecified atom stereocenters. The van der Waals surface area contributed by atoms with Crippen LogP contribution in [-0.2, 0) is 4.79 Å². The van der Waals surface area contributed by atoms with Crippen LogP contribution in [0.2, 0.25) is 0 Å². The van der Waals surface area contributed by atoms with Crippen molar-refractivity contribution >= 4 is 23.2 Å². The molecule has 4 rings (SSSR count). The number of rotatable bonds is 7. The molecule has 1 N–H and O–H groups in total. The minimum absolute atomic E-state index is 0.0233. The molecule has 8 heteroatoms. The number of methoxy groups -OCH3 is 1. The topological polar surface area (TPSA) is 93.9 Å². The van der Waals surface area contributed by atoms with E-state index in [4.69, 9.17) is 14.0 Å². The molecule has 0 saturated carbocycles. The average Bonchev–Trinajstić information content (AvgIpc) is 3.29. The lowest BCUT2D eigenvalue weighted by Crippen LogP contribution is -2.39. The molecular formula is C23H23N3O5. The van der Waals surface area contributed by atoms with Crippen LogP contribution in [0.5, 0.6) is 11.5 Å². The van der Waals surface area contributed by atoms with Crippen molar-refractivity contribution in [2.45, 2.75) is 19.8 Å². The minimum Gasteiger partial charge on any atom is -0.497 e. The van der Waals surface area contributed by atoms with Gasteiger partial charge >= 0.3 is 0 Å². The third-order valence-corrected chi connectivity index (χ3v) is 5.01. The third kappa shape index (κ3) is 4.37. The van der Waals surface area contributed by atoms with E-state index in [-0.39, 0.29) is 18.2 Å². The number of unbranched alkanes of at least 4 members (excludes halogenated alkanes) is 1. The monoisotopic (exact) mass is 421 g/mol. The highest BCUT2D eigenvalue weighted by atomic mass is 16.5. The number of nitrogens with one attached hydrogen (secondary N) is 1. The van der Waals surface area contributed by atoms with Crippen LogP contribution in [0.15, 0.2) is 53.1 Å². The molecule has 0 bridgehead atoms. The van der Waals surface area contributed by atoms with E-state index in [0.717, 1.165) is 24.2 Å². The van der Waals surface area contributed by atoms with Crippen LogP contribution in [0.3, 0.4) is 0 Å².